The number of likely N-dealkylation sites (tertiary alicyclic amines) is 1. The Hall–Kier alpha value is -2.93. The molecule has 1 aromatic heterocycles. The molecule has 154 valence electrons. The number of aromatic nitrogens is 1. The van der Waals surface area contributed by atoms with E-state index in [0.29, 0.717) is 30.8 Å². The van der Waals surface area contributed by atoms with Crippen LogP contribution in [0.15, 0.2) is 48.7 Å². The maximum atomic E-state index is 13.1. The molecule has 0 aliphatic carbocycles. The minimum absolute atomic E-state index is 0.0187. The smallest absolute Gasteiger partial charge is 0.314 e. The fourth-order valence-electron chi connectivity index (χ4n) is 4.02. The molecule has 3 N–H and O–H groups in total. The Bertz CT molecular complexity index is 858. The van der Waals surface area contributed by atoms with Crippen LogP contribution in [0, 0.1) is 5.41 Å². The molecule has 3 rings (SSSR count). The Morgan fingerprint density at radius 1 is 1.24 bits per heavy atom. The van der Waals surface area contributed by atoms with Gasteiger partial charge in [-0.25, -0.2) is 4.98 Å². The largest absolute Gasteiger partial charge is 0.481 e. The lowest BCUT2D eigenvalue weighted by atomic mass is 9.73. The van der Waals surface area contributed by atoms with Crippen molar-refractivity contribution in [1.82, 2.24) is 9.88 Å². The number of carbonyl (C=O) groups excluding carboxylic acids is 1. The van der Waals surface area contributed by atoms with Crippen LogP contribution in [0.1, 0.15) is 35.2 Å². The zero-order valence-electron chi connectivity index (χ0n) is 16.5. The highest BCUT2D eigenvalue weighted by molar-refractivity contribution is 5.99. The molecule has 2 aromatic rings. The summed E-state index contributed by atoms with van der Waals surface area (Å²) >= 11 is 0. The Labute approximate surface area is 170 Å². The molecule has 2 heterocycles. The summed E-state index contributed by atoms with van der Waals surface area (Å²) in [5, 5.41) is 23.5. The van der Waals surface area contributed by atoms with Crippen LogP contribution in [0.25, 0.3) is 0 Å². The fraction of sp³-hybridized carbons (Fsp3) is 0.409. The molecule has 1 fully saturated rings. The van der Waals surface area contributed by atoms with E-state index in [9.17, 15) is 19.8 Å². The van der Waals surface area contributed by atoms with Crippen LogP contribution >= 0.6 is 0 Å². The third-order valence-corrected chi connectivity index (χ3v) is 5.70. The molecule has 1 aromatic carbocycles. The highest BCUT2D eigenvalue weighted by Crippen LogP contribution is 2.37. The van der Waals surface area contributed by atoms with E-state index in [1.807, 2.05) is 30.3 Å². The van der Waals surface area contributed by atoms with E-state index in [2.05, 4.69) is 10.3 Å². The van der Waals surface area contributed by atoms with E-state index in [0.717, 1.165) is 12.0 Å². The quantitative estimate of drug-likeness (QED) is 0.663. The van der Waals surface area contributed by atoms with Gasteiger partial charge < -0.3 is 20.4 Å². The first kappa shape index (κ1) is 20.8. The number of carboxylic acids is 1. The Morgan fingerprint density at radius 3 is 2.69 bits per heavy atom. The molecule has 1 aliphatic rings. The zero-order valence-corrected chi connectivity index (χ0v) is 16.5. The maximum absolute atomic E-state index is 13.1. The molecule has 0 unspecified atom stereocenters. The molecule has 2 atom stereocenters. The van der Waals surface area contributed by atoms with Crippen molar-refractivity contribution < 1.29 is 19.8 Å². The summed E-state index contributed by atoms with van der Waals surface area (Å²) in [4.78, 5) is 31.0. The number of benzene rings is 1. The molecule has 0 radical (unpaired) electrons. The number of rotatable bonds is 7. The lowest BCUT2D eigenvalue weighted by molar-refractivity contribution is -0.162. The van der Waals surface area contributed by atoms with Crippen LogP contribution < -0.4 is 5.32 Å². The minimum atomic E-state index is -1.37. The second-order valence-corrected chi connectivity index (χ2v) is 7.48. The molecular weight excluding hydrogens is 370 g/mol. The molecule has 29 heavy (non-hydrogen) atoms. The van der Waals surface area contributed by atoms with E-state index >= 15 is 0 Å². The summed E-state index contributed by atoms with van der Waals surface area (Å²) in [5.74, 6) is -0.882. The van der Waals surface area contributed by atoms with Crippen LogP contribution in [-0.4, -0.2) is 58.2 Å². The molecular formula is C22H27N3O4. The number of aliphatic carboxylic acids is 1. The average molecular weight is 397 g/mol. The van der Waals surface area contributed by atoms with Crippen molar-refractivity contribution in [2.24, 2.45) is 5.41 Å². The molecule has 1 amide bonds. The van der Waals surface area contributed by atoms with Crippen LogP contribution in [0.5, 0.6) is 0 Å². The summed E-state index contributed by atoms with van der Waals surface area (Å²) in [6.07, 6.45) is 2.48. The first-order valence-corrected chi connectivity index (χ1v) is 9.85. The number of nitrogens with one attached hydrogen (secondary N) is 1. The van der Waals surface area contributed by atoms with Crippen molar-refractivity contribution in [3.8, 4) is 0 Å². The summed E-state index contributed by atoms with van der Waals surface area (Å²) < 4.78 is 0. The molecule has 7 heteroatoms. The predicted molar refractivity (Wildman–Crippen MR) is 110 cm³/mol. The number of amides is 1. The fourth-order valence-corrected chi connectivity index (χ4v) is 4.02. The number of aryl methyl sites for hydroxylation is 1. The Kier molecular flexibility index (Phi) is 6.49. The van der Waals surface area contributed by atoms with E-state index in [4.69, 9.17) is 0 Å². The summed E-state index contributed by atoms with van der Waals surface area (Å²) in [6.45, 7) is 0.293. The van der Waals surface area contributed by atoms with Crippen LogP contribution in [0.2, 0.25) is 0 Å². The third-order valence-electron chi connectivity index (χ3n) is 5.70. The molecule has 0 saturated carbocycles. The standard InChI is InChI=1S/C22H27N3O4/c1-23-19-17(10-6-13-24-19)20(27)25-14-11-18(26)22(15-25,21(28)29)12-5-9-16-7-3-2-4-8-16/h2-4,6-8,10,13,18,26H,5,9,11-12,14-15H2,1H3,(H,23,24)(H,28,29)/t18-,22+/m0/s1. The second-order valence-electron chi connectivity index (χ2n) is 7.48. The lowest BCUT2D eigenvalue weighted by Crippen LogP contribution is -2.57. The van der Waals surface area contributed by atoms with Crippen molar-refractivity contribution in [3.05, 3.63) is 59.8 Å². The highest BCUT2D eigenvalue weighted by Gasteiger charge is 2.49. The van der Waals surface area contributed by atoms with Crippen molar-refractivity contribution in [1.29, 1.82) is 0 Å². The van der Waals surface area contributed by atoms with Crippen LogP contribution in [0.4, 0.5) is 5.82 Å². The van der Waals surface area contributed by atoms with E-state index in [-0.39, 0.29) is 18.9 Å². The Balaban J connectivity index is 1.77. The zero-order chi connectivity index (χ0) is 20.9. The lowest BCUT2D eigenvalue weighted by Gasteiger charge is -2.43. The monoisotopic (exact) mass is 397 g/mol. The minimum Gasteiger partial charge on any atom is -0.481 e. The van der Waals surface area contributed by atoms with Gasteiger partial charge in [0, 0.05) is 26.3 Å². The average Bonchev–Trinajstić information content (AvgIpc) is 2.75. The van der Waals surface area contributed by atoms with Crippen molar-refractivity contribution in [2.75, 3.05) is 25.5 Å². The summed E-state index contributed by atoms with van der Waals surface area (Å²) in [6, 6.07) is 13.2. The SMILES string of the molecule is CNc1ncccc1C(=O)N1CC[C@H](O)[C@](CCCc2ccccc2)(C(=O)O)C1. The first-order valence-electron chi connectivity index (χ1n) is 9.85. The van der Waals surface area contributed by atoms with Gasteiger partial charge in [-0.15, -0.1) is 0 Å². The second kappa shape index (κ2) is 9.05. The number of hydrogen-bond acceptors (Lipinski definition) is 5. The van der Waals surface area contributed by atoms with Gasteiger partial charge in [0.05, 0.1) is 11.7 Å². The predicted octanol–water partition coefficient (Wildman–Crippen LogP) is 2.42. The number of pyridine rings is 1. The van der Waals surface area contributed by atoms with Gasteiger partial charge in [-0.2, -0.15) is 0 Å². The third kappa shape index (κ3) is 4.40. The van der Waals surface area contributed by atoms with Crippen molar-refractivity contribution in [2.45, 2.75) is 31.8 Å². The number of nitrogens with zero attached hydrogens (tertiary/aromatic N) is 2. The first-order chi connectivity index (χ1) is 14.0. The molecule has 1 aliphatic heterocycles. The van der Waals surface area contributed by atoms with Crippen LogP contribution in [-0.2, 0) is 11.2 Å². The number of hydrogen-bond donors (Lipinski definition) is 3. The van der Waals surface area contributed by atoms with E-state index < -0.39 is 17.5 Å². The molecule has 7 nitrogen and oxygen atoms in total. The van der Waals surface area contributed by atoms with Gasteiger partial charge in [0.25, 0.3) is 5.91 Å². The maximum Gasteiger partial charge on any atom is 0.314 e. The van der Waals surface area contributed by atoms with Gasteiger partial charge in [-0.3, -0.25) is 9.59 Å². The number of piperidine rings is 1. The summed E-state index contributed by atoms with van der Waals surface area (Å²) in [5.41, 5.74) is 0.153. The number of aliphatic hydroxyl groups excluding tert-OH is 1. The van der Waals surface area contributed by atoms with Crippen LogP contribution in [0.3, 0.4) is 0 Å². The molecule has 0 bridgehead atoms. The van der Waals surface area contributed by atoms with E-state index in [1.165, 1.54) is 4.90 Å². The van der Waals surface area contributed by atoms with Gasteiger partial charge in [-0.05, 0) is 43.4 Å². The van der Waals surface area contributed by atoms with Crippen molar-refractivity contribution >= 4 is 17.7 Å². The number of aliphatic hydroxyl groups is 1. The highest BCUT2D eigenvalue weighted by atomic mass is 16.4. The normalized spacial score (nSPS) is 21.6. The Morgan fingerprint density at radius 2 is 2.00 bits per heavy atom. The molecule has 0 spiro atoms. The van der Waals surface area contributed by atoms with Gasteiger partial charge >= 0.3 is 5.97 Å². The van der Waals surface area contributed by atoms with Gasteiger partial charge in [0.15, 0.2) is 0 Å². The van der Waals surface area contributed by atoms with Gasteiger partial charge in [0.1, 0.15) is 11.2 Å². The number of carboxylic acid groups (broad SMARTS) is 1. The molecule has 1 saturated heterocycles. The summed E-state index contributed by atoms with van der Waals surface area (Å²) in [7, 11) is 1.68. The van der Waals surface area contributed by atoms with Gasteiger partial charge in [0.2, 0.25) is 0 Å². The van der Waals surface area contributed by atoms with E-state index in [1.54, 1.807) is 25.4 Å². The number of anilines is 1. The topological polar surface area (TPSA) is 103 Å². The van der Waals surface area contributed by atoms with Crippen molar-refractivity contribution in [3.63, 3.8) is 0 Å². The number of carbonyl (C=O) groups is 2. The van der Waals surface area contributed by atoms with Gasteiger partial charge in [-0.1, -0.05) is 30.3 Å².